The number of fused-ring (bicyclic) bond motifs is 1. The molecule has 0 aromatic heterocycles. The Balaban J connectivity index is 0.00000208. The Morgan fingerprint density at radius 1 is 1.33 bits per heavy atom. The molecule has 2 aromatic rings. The summed E-state index contributed by atoms with van der Waals surface area (Å²) in [4.78, 5) is 14.6. The lowest BCUT2D eigenvalue weighted by atomic mass is 9.99. The van der Waals surface area contributed by atoms with Crippen LogP contribution in [-0.2, 0) is 17.6 Å². The highest BCUT2D eigenvalue weighted by Crippen LogP contribution is 2.32. The summed E-state index contributed by atoms with van der Waals surface area (Å²) in [5.74, 6) is 0.699. The van der Waals surface area contributed by atoms with Crippen molar-refractivity contribution in [2.75, 3.05) is 24.3 Å². The first kappa shape index (κ1) is 18.4. The van der Waals surface area contributed by atoms with Gasteiger partial charge in [-0.25, -0.2) is 0 Å². The number of anilines is 2. The molecule has 1 amide bonds. The van der Waals surface area contributed by atoms with E-state index in [1.165, 1.54) is 0 Å². The molecule has 0 fully saturated rings. The van der Waals surface area contributed by atoms with Crippen LogP contribution in [0.25, 0.3) is 0 Å². The van der Waals surface area contributed by atoms with Gasteiger partial charge in [-0.2, -0.15) is 0 Å². The number of nitrogens with zero attached hydrogens (tertiary/aromatic N) is 1. The number of nitrogen functional groups attached to an aromatic ring is 1. The number of hydrogen-bond acceptors (Lipinski definition) is 3. The zero-order chi connectivity index (χ0) is 16.4. The van der Waals surface area contributed by atoms with Gasteiger partial charge in [0.05, 0.1) is 13.5 Å². The zero-order valence-corrected chi connectivity index (χ0v) is 15.0. The van der Waals surface area contributed by atoms with Crippen molar-refractivity contribution >= 4 is 41.3 Å². The van der Waals surface area contributed by atoms with Gasteiger partial charge in [0, 0.05) is 28.5 Å². The highest BCUT2D eigenvalue weighted by molar-refractivity contribution is 6.30. The summed E-state index contributed by atoms with van der Waals surface area (Å²) >= 11 is 6.05. The number of carbonyl (C=O) groups is 1. The van der Waals surface area contributed by atoms with Gasteiger partial charge in [0.25, 0.3) is 0 Å². The first-order valence-electron chi connectivity index (χ1n) is 7.60. The minimum atomic E-state index is 0. The standard InChI is InChI=1S/C18H19ClN2O2.ClH/c1-23-17-8-7-13(19)10-12(17)11-18(22)21-9-3-4-14-15(20)5-2-6-16(14)21;/h2,5-8,10H,3-4,9,11,20H2,1H3;1H. The predicted octanol–water partition coefficient (Wildman–Crippen LogP) is 3.87. The lowest BCUT2D eigenvalue weighted by molar-refractivity contribution is -0.118. The van der Waals surface area contributed by atoms with Crippen LogP contribution in [0.15, 0.2) is 36.4 Å². The lowest BCUT2D eigenvalue weighted by Crippen LogP contribution is -2.36. The average molecular weight is 367 g/mol. The average Bonchev–Trinajstić information content (AvgIpc) is 2.55. The van der Waals surface area contributed by atoms with Crippen LogP contribution in [0.1, 0.15) is 17.5 Å². The minimum Gasteiger partial charge on any atom is -0.496 e. The third-order valence-corrected chi connectivity index (χ3v) is 4.41. The van der Waals surface area contributed by atoms with Crippen LogP contribution in [0.4, 0.5) is 11.4 Å². The molecule has 6 heteroatoms. The maximum atomic E-state index is 12.8. The summed E-state index contributed by atoms with van der Waals surface area (Å²) in [5, 5.41) is 0.594. The number of hydrogen-bond donors (Lipinski definition) is 1. The van der Waals surface area contributed by atoms with E-state index < -0.39 is 0 Å². The molecule has 0 unspecified atom stereocenters. The molecule has 128 valence electrons. The van der Waals surface area contributed by atoms with Crippen LogP contribution in [0.3, 0.4) is 0 Å². The van der Waals surface area contributed by atoms with Crippen LogP contribution >= 0.6 is 24.0 Å². The molecular weight excluding hydrogens is 347 g/mol. The lowest BCUT2D eigenvalue weighted by Gasteiger charge is -2.30. The van der Waals surface area contributed by atoms with Crippen molar-refractivity contribution in [2.24, 2.45) is 0 Å². The summed E-state index contributed by atoms with van der Waals surface area (Å²) in [6, 6.07) is 11.0. The van der Waals surface area contributed by atoms with Crippen molar-refractivity contribution in [1.29, 1.82) is 0 Å². The third-order valence-electron chi connectivity index (χ3n) is 4.17. The Morgan fingerprint density at radius 3 is 2.88 bits per heavy atom. The predicted molar refractivity (Wildman–Crippen MR) is 100 cm³/mol. The minimum absolute atomic E-state index is 0. The van der Waals surface area contributed by atoms with E-state index in [0.717, 1.165) is 35.3 Å². The van der Waals surface area contributed by atoms with E-state index in [0.29, 0.717) is 17.3 Å². The molecule has 0 atom stereocenters. The molecule has 0 aliphatic carbocycles. The summed E-state index contributed by atoms with van der Waals surface area (Å²) in [5.41, 5.74) is 9.57. The SMILES string of the molecule is COc1ccc(Cl)cc1CC(=O)N1CCCc2c(N)cccc21.Cl. The summed E-state index contributed by atoms with van der Waals surface area (Å²) < 4.78 is 5.33. The van der Waals surface area contributed by atoms with Gasteiger partial charge < -0.3 is 15.4 Å². The fourth-order valence-corrected chi connectivity index (χ4v) is 3.25. The molecule has 3 rings (SSSR count). The molecule has 1 aliphatic rings. The summed E-state index contributed by atoms with van der Waals surface area (Å²) in [7, 11) is 1.59. The Labute approximate surface area is 153 Å². The van der Waals surface area contributed by atoms with E-state index >= 15 is 0 Å². The number of rotatable bonds is 3. The van der Waals surface area contributed by atoms with Crippen LogP contribution < -0.4 is 15.4 Å². The second-order valence-corrected chi connectivity index (χ2v) is 6.06. The Bertz CT molecular complexity index is 750. The van der Waals surface area contributed by atoms with E-state index in [4.69, 9.17) is 22.1 Å². The molecule has 0 bridgehead atoms. The molecule has 4 nitrogen and oxygen atoms in total. The molecule has 0 radical (unpaired) electrons. The molecule has 1 heterocycles. The second kappa shape index (κ2) is 7.77. The molecule has 0 saturated carbocycles. The second-order valence-electron chi connectivity index (χ2n) is 5.63. The number of amides is 1. The monoisotopic (exact) mass is 366 g/mol. The summed E-state index contributed by atoms with van der Waals surface area (Å²) in [6.45, 7) is 0.707. The molecule has 1 aliphatic heterocycles. The van der Waals surface area contributed by atoms with Crippen molar-refractivity contribution in [2.45, 2.75) is 19.3 Å². The highest BCUT2D eigenvalue weighted by atomic mass is 35.5. The van der Waals surface area contributed by atoms with Crippen molar-refractivity contribution in [3.05, 3.63) is 52.5 Å². The van der Waals surface area contributed by atoms with Crippen molar-refractivity contribution in [3.63, 3.8) is 0 Å². The van der Waals surface area contributed by atoms with Gasteiger partial charge in [-0.3, -0.25) is 4.79 Å². The van der Waals surface area contributed by atoms with Gasteiger partial charge in [-0.1, -0.05) is 17.7 Å². The molecule has 2 N–H and O–H groups in total. The van der Waals surface area contributed by atoms with Crippen LogP contribution in [0.5, 0.6) is 5.75 Å². The number of benzene rings is 2. The first-order chi connectivity index (χ1) is 11.1. The zero-order valence-electron chi connectivity index (χ0n) is 13.4. The van der Waals surface area contributed by atoms with Gasteiger partial charge in [-0.15, -0.1) is 12.4 Å². The topological polar surface area (TPSA) is 55.6 Å². The van der Waals surface area contributed by atoms with E-state index in [1.807, 2.05) is 23.1 Å². The number of carbonyl (C=O) groups excluding carboxylic acids is 1. The maximum absolute atomic E-state index is 12.8. The first-order valence-corrected chi connectivity index (χ1v) is 7.98. The van der Waals surface area contributed by atoms with Crippen molar-refractivity contribution in [3.8, 4) is 5.75 Å². The van der Waals surface area contributed by atoms with E-state index in [2.05, 4.69) is 0 Å². The fourth-order valence-electron chi connectivity index (χ4n) is 3.05. The number of ether oxygens (including phenoxy) is 1. The van der Waals surface area contributed by atoms with Gasteiger partial charge in [0.2, 0.25) is 5.91 Å². The smallest absolute Gasteiger partial charge is 0.231 e. The molecular formula is C18H20Cl2N2O2. The molecule has 2 aromatic carbocycles. The Hall–Kier alpha value is -1.91. The van der Waals surface area contributed by atoms with Crippen LogP contribution in [0, 0.1) is 0 Å². The number of halogens is 2. The maximum Gasteiger partial charge on any atom is 0.231 e. The fraction of sp³-hybridized carbons (Fsp3) is 0.278. The van der Waals surface area contributed by atoms with E-state index in [1.54, 1.807) is 25.3 Å². The number of methoxy groups -OCH3 is 1. The van der Waals surface area contributed by atoms with Gasteiger partial charge in [0.1, 0.15) is 5.75 Å². The van der Waals surface area contributed by atoms with Gasteiger partial charge >= 0.3 is 0 Å². The van der Waals surface area contributed by atoms with Crippen molar-refractivity contribution < 1.29 is 9.53 Å². The molecule has 0 spiro atoms. The highest BCUT2D eigenvalue weighted by Gasteiger charge is 2.24. The van der Waals surface area contributed by atoms with E-state index in [-0.39, 0.29) is 24.7 Å². The number of nitrogens with two attached hydrogens (primary N) is 1. The van der Waals surface area contributed by atoms with Crippen LogP contribution in [-0.4, -0.2) is 19.6 Å². The Kier molecular flexibility index (Phi) is 5.97. The normalized spacial score (nSPS) is 13.0. The third kappa shape index (κ3) is 3.60. The van der Waals surface area contributed by atoms with Crippen LogP contribution in [0.2, 0.25) is 5.02 Å². The van der Waals surface area contributed by atoms with Gasteiger partial charge in [0.15, 0.2) is 0 Å². The van der Waals surface area contributed by atoms with Crippen molar-refractivity contribution in [1.82, 2.24) is 0 Å². The van der Waals surface area contributed by atoms with Gasteiger partial charge in [-0.05, 0) is 48.7 Å². The molecule has 24 heavy (non-hydrogen) atoms. The van der Waals surface area contributed by atoms with E-state index in [9.17, 15) is 4.79 Å². The molecule has 0 saturated heterocycles. The largest absolute Gasteiger partial charge is 0.496 e. The summed E-state index contributed by atoms with van der Waals surface area (Å²) in [6.07, 6.45) is 2.07. The quantitative estimate of drug-likeness (QED) is 0.838. The Morgan fingerprint density at radius 2 is 2.12 bits per heavy atom.